The molecule has 0 fully saturated rings. The Hall–Kier alpha value is -1.39. The molecule has 0 aliphatic rings. The molecule has 4 heteroatoms. The molecule has 0 unspecified atom stereocenters. The van der Waals surface area contributed by atoms with Gasteiger partial charge in [0.15, 0.2) is 0 Å². The molecule has 0 bridgehead atoms. The monoisotopic (exact) mass is 204 g/mol. The fraction of sp³-hybridized carbons (Fsp3) is 0.364. The van der Waals surface area contributed by atoms with Crippen LogP contribution in [0.1, 0.15) is 5.69 Å². The molecule has 0 saturated heterocycles. The normalized spacial score (nSPS) is 11.0. The molecule has 0 atom stereocenters. The number of nitrogens with zero attached hydrogens (tertiary/aromatic N) is 1. The first-order chi connectivity index (χ1) is 7.42. The van der Waals surface area contributed by atoms with E-state index in [4.69, 9.17) is 0 Å². The Morgan fingerprint density at radius 1 is 1.27 bits per heavy atom. The van der Waals surface area contributed by atoms with Gasteiger partial charge in [0, 0.05) is 25.0 Å². The van der Waals surface area contributed by atoms with Crippen LogP contribution in [0.3, 0.4) is 0 Å². The van der Waals surface area contributed by atoms with Crippen LogP contribution in [0.4, 0.5) is 0 Å². The topological polar surface area (TPSA) is 52.7 Å². The zero-order valence-electron chi connectivity index (χ0n) is 8.88. The van der Waals surface area contributed by atoms with Crippen molar-refractivity contribution in [3.63, 3.8) is 0 Å². The van der Waals surface area contributed by atoms with Crippen LogP contribution >= 0.6 is 0 Å². The minimum atomic E-state index is 0.836. The quantitative estimate of drug-likeness (QED) is 0.633. The Labute approximate surface area is 89.1 Å². The standard InChI is InChI=1S/C11H16N4/c1-12-6-7-13-8-11-9-4-2-3-5-10(9)14-15-11/h2-5,12-13H,6-8H2,1H3,(H,14,15). The maximum Gasteiger partial charge on any atom is 0.0924 e. The molecule has 0 aliphatic carbocycles. The second-order valence-electron chi connectivity index (χ2n) is 3.50. The molecule has 2 aromatic rings. The zero-order valence-corrected chi connectivity index (χ0v) is 8.88. The lowest BCUT2D eigenvalue weighted by Crippen LogP contribution is -2.24. The van der Waals surface area contributed by atoms with Crippen molar-refractivity contribution in [2.24, 2.45) is 0 Å². The predicted molar refractivity (Wildman–Crippen MR) is 61.7 cm³/mol. The average molecular weight is 204 g/mol. The number of rotatable bonds is 5. The minimum Gasteiger partial charge on any atom is -0.318 e. The average Bonchev–Trinajstić information content (AvgIpc) is 2.68. The Bertz CT molecular complexity index is 421. The van der Waals surface area contributed by atoms with Crippen LogP contribution < -0.4 is 10.6 Å². The summed E-state index contributed by atoms with van der Waals surface area (Å²) in [5.41, 5.74) is 2.18. The highest BCUT2D eigenvalue weighted by molar-refractivity contribution is 5.80. The molecule has 2 rings (SSSR count). The lowest BCUT2D eigenvalue weighted by Gasteiger charge is -2.02. The third kappa shape index (κ3) is 2.34. The maximum absolute atomic E-state index is 4.24. The van der Waals surface area contributed by atoms with Crippen molar-refractivity contribution >= 4 is 10.9 Å². The van der Waals surface area contributed by atoms with E-state index >= 15 is 0 Å². The first kappa shape index (κ1) is 10.1. The van der Waals surface area contributed by atoms with Gasteiger partial charge in [0.2, 0.25) is 0 Å². The van der Waals surface area contributed by atoms with Crippen molar-refractivity contribution < 1.29 is 0 Å². The summed E-state index contributed by atoms with van der Waals surface area (Å²) in [6.07, 6.45) is 0. The van der Waals surface area contributed by atoms with Gasteiger partial charge in [-0.3, -0.25) is 5.10 Å². The smallest absolute Gasteiger partial charge is 0.0924 e. The van der Waals surface area contributed by atoms with Gasteiger partial charge in [0.05, 0.1) is 11.2 Å². The highest BCUT2D eigenvalue weighted by Gasteiger charge is 2.02. The van der Waals surface area contributed by atoms with E-state index in [0.29, 0.717) is 0 Å². The summed E-state index contributed by atoms with van der Waals surface area (Å²) in [4.78, 5) is 0. The van der Waals surface area contributed by atoms with Gasteiger partial charge in [0.1, 0.15) is 0 Å². The first-order valence-corrected chi connectivity index (χ1v) is 5.19. The third-order valence-electron chi connectivity index (χ3n) is 2.39. The van der Waals surface area contributed by atoms with Gasteiger partial charge in [-0.05, 0) is 13.1 Å². The number of nitrogens with one attached hydrogen (secondary N) is 3. The second kappa shape index (κ2) is 4.91. The molecule has 0 saturated carbocycles. The van der Waals surface area contributed by atoms with Crippen molar-refractivity contribution in [1.29, 1.82) is 0 Å². The fourth-order valence-electron chi connectivity index (χ4n) is 1.58. The van der Waals surface area contributed by atoms with E-state index in [1.54, 1.807) is 0 Å². The van der Waals surface area contributed by atoms with Crippen LogP contribution in [0.2, 0.25) is 0 Å². The molecule has 1 heterocycles. The molecule has 0 spiro atoms. The number of fused-ring (bicyclic) bond motifs is 1. The van der Waals surface area contributed by atoms with Crippen molar-refractivity contribution in [3.05, 3.63) is 30.0 Å². The van der Waals surface area contributed by atoms with Crippen molar-refractivity contribution in [3.8, 4) is 0 Å². The van der Waals surface area contributed by atoms with Crippen molar-refractivity contribution in [2.45, 2.75) is 6.54 Å². The first-order valence-electron chi connectivity index (χ1n) is 5.19. The molecule has 0 aliphatic heterocycles. The summed E-state index contributed by atoms with van der Waals surface area (Å²) >= 11 is 0. The van der Waals surface area contributed by atoms with E-state index < -0.39 is 0 Å². The van der Waals surface area contributed by atoms with Crippen LogP contribution in [0.5, 0.6) is 0 Å². The van der Waals surface area contributed by atoms with Crippen LogP contribution in [-0.4, -0.2) is 30.3 Å². The van der Waals surface area contributed by atoms with Crippen LogP contribution in [0.15, 0.2) is 24.3 Å². The van der Waals surface area contributed by atoms with E-state index in [1.165, 1.54) is 5.39 Å². The molecule has 3 N–H and O–H groups in total. The van der Waals surface area contributed by atoms with Crippen LogP contribution in [-0.2, 0) is 6.54 Å². The van der Waals surface area contributed by atoms with E-state index in [2.05, 4.69) is 26.9 Å². The summed E-state index contributed by atoms with van der Waals surface area (Å²) in [6.45, 7) is 2.78. The highest BCUT2D eigenvalue weighted by Crippen LogP contribution is 2.14. The van der Waals surface area contributed by atoms with Crippen molar-refractivity contribution in [2.75, 3.05) is 20.1 Å². The molecule has 0 radical (unpaired) electrons. The maximum atomic E-state index is 4.24. The largest absolute Gasteiger partial charge is 0.318 e. The van der Waals surface area contributed by atoms with Gasteiger partial charge in [-0.25, -0.2) is 0 Å². The summed E-state index contributed by atoms with van der Waals surface area (Å²) in [6, 6.07) is 8.15. The number of hydrogen-bond donors (Lipinski definition) is 3. The van der Waals surface area contributed by atoms with Crippen molar-refractivity contribution in [1.82, 2.24) is 20.8 Å². The Kier molecular flexibility index (Phi) is 3.32. The summed E-state index contributed by atoms with van der Waals surface area (Å²) in [7, 11) is 1.95. The number of aromatic amines is 1. The third-order valence-corrected chi connectivity index (χ3v) is 2.39. The van der Waals surface area contributed by atoms with Gasteiger partial charge in [-0.15, -0.1) is 0 Å². The number of benzene rings is 1. The van der Waals surface area contributed by atoms with Gasteiger partial charge < -0.3 is 10.6 Å². The minimum absolute atomic E-state index is 0.836. The van der Waals surface area contributed by atoms with E-state index in [1.807, 2.05) is 25.2 Å². The van der Waals surface area contributed by atoms with E-state index in [9.17, 15) is 0 Å². The Morgan fingerprint density at radius 2 is 2.13 bits per heavy atom. The van der Waals surface area contributed by atoms with Crippen LogP contribution in [0, 0.1) is 0 Å². The number of H-pyrrole nitrogens is 1. The Balaban J connectivity index is 2.02. The lowest BCUT2D eigenvalue weighted by atomic mass is 10.2. The lowest BCUT2D eigenvalue weighted by molar-refractivity contribution is 0.643. The Morgan fingerprint density at radius 3 is 3.00 bits per heavy atom. The molecular formula is C11H16N4. The van der Waals surface area contributed by atoms with Gasteiger partial charge in [0.25, 0.3) is 0 Å². The van der Waals surface area contributed by atoms with Gasteiger partial charge >= 0.3 is 0 Å². The zero-order chi connectivity index (χ0) is 10.5. The molecule has 1 aromatic carbocycles. The summed E-state index contributed by atoms with van der Waals surface area (Å²) in [5, 5.41) is 14.9. The van der Waals surface area contributed by atoms with Gasteiger partial charge in [-0.1, -0.05) is 18.2 Å². The summed E-state index contributed by atoms with van der Waals surface area (Å²) < 4.78 is 0. The predicted octanol–water partition coefficient (Wildman–Crippen LogP) is 0.872. The molecule has 0 amide bonds. The second-order valence-corrected chi connectivity index (χ2v) is 3.50. The molecule has 15 heavy (non-hydrogen) atoms. The van der Waals surface area contributed by atoms with E-state index in [0.717, 1.165) is 30.8 Å². The molecule has 1 aromatic heterocycles. The highest BCUT2D eigenvalue weighted by atomic mass is 15.1. The number of likely N-dealkylation sites (N-methyl/N-ethyl adjacent to an activating group) is 1. The van der Waals surface area contributed by atoms with E-state index in [-0.39, 0.29) is 0 Å². The number of hydrogen-bond acceptors (Lipinski definition) is 3. The number of aromatic nitrogens is 2. The fourth-order valence-corrected chi connectivity index (χ4v) is 1.58. The molecule has 80 valence electrons. The molecular weight excluding hydrogens is 188 g/mol. The van der Waals surface area contributed by atoms with Crippen LogP contribution in [0.25, 0.3) is 10.9 Å². The molecule has 4 nitrogen and oxygen atoms in total. The number of para-hydroxylation sites is 1. The SMILES string of the molecule is CNCCNCc1[nH]nc2ccccc12. The summed E-state index contributed by atoms with van der Waals surface area (Å²) in [5.74, 6) is 0. The van der Waals surface area contributed by atoms with Gasteiger partial charge in [-0.2, -0.15) is 5.10 Å².